The molecule has 3 nitrogen and oxygen atoms in total. The summed E-state index contributed by atoms with van der Waals surface area (Å²) in [5, 5.41) is 9.53. The first-order valence-corrected chi connectivity index (χ1v) is 7.59. The van der Waals surface area contributed by atoms with E-state index in [0.717, 1.165) is 17.9 Å². The Balaban J connectivity index is 2.46. The van der Waals surface area contributed by atoms with Gasteiger partial charge < -0.3 is 10.0 Å². The first-order chi connectivity index (χ1) is 9.71. The lowest BCUT2D eigenvalue weighted by Gasteiger charge is -2.39. The minimum Gasteiger partial charge on any atom is -0.478 e. The van der Waals surface area contributed by atoms with Crippen LogP contribution in [0.5, 0.6) is 0 Å². The summed E-state index contributed by atoms with van der Waals surface area (Å²) in [5.74, 6) is -0.514. The highest BCUT2D eigenvalue weighted by Gasteiger charge is 2.34. The number of benzene rings is 1. The number of hydrogen-bond donors (Lipinski definition) is 1. The number of hydrogen-bond acceptors (Lipinski definition) is 3. The van der Waals surface area contributed by atoms with Crippen molar-refractivity contribution in [2.24, 2.45) is 0 Å². The van der Waals surface area contributed by atoms with Crippen LogP contribution in [0.25, 0.3) is 0 Å². The van der Waals surface area contributed by atoms with Gasteiger partial charge in [-0.3, -0.25) is 0 Å². The fraction of sp³-hybridized carbons (Fsp3) is 0.500. The normalized spacial score (nSPS) is 23.2. The lowest BCUT2D eigenvalue weighted by atomic mass is 10.0. The van der Waals surface area contributed by atoms with Gasteiger partial charge in [0.1, 0.15) is 0 Å². The number of thioether (sulfide) groups is 1. The van der Waals surface area contributed by atoms with E-state index in [0.29, 0.717) is 17.5 Å². The predicted molar refractivity (Wildman–Crippen MR) is 77.1 cm³/mol. The fourth-order valence-electron chi connectivity index (χ4n) is 2.41. The van der Waals surface area contributed by atoms with Crippen molar-refractivity contribution >= 4 is 23.4 Å². The Morgan fingerprint density at radius 2 is 2.05 bits per heavy atom. The molecule has 1 aromatic carbocycles. The van der Waals surface area contributed by atoms with Crippen molar-refractivity contribution in [1.82, 2.24) is 0 Å². The van der Waals surface area contributed by atoms with Gasteiger partial charge in [-0.2, -0.15) is 24.9 Å². The predicted octanol–water partition coefficient (Wildman–Crippen LogP) is 3.73. The molecule has 0 saturated carbocycles. The van der Waals surface area contributed by atoms with Crippen molar-refractivity contribution < 1.29 is 23.1 Å². The second-order valence-electron chi connectivity index (χ2n) is 5.04. The number of carbonyl (C=O) groups is 1. The molecule has 0 bridgehead atoms. The monoisotopic (exact) mass is 319 g/mol. The van der Waals surface area contributed by atoms with E-state index in [9.17, 15) is 23.1 Å². The fourth-order valence-corrected chi connectivity index (χ4v) is 3.51. The number of anilines is 1. The van der Waals surface area contributed by atoms with Crippen molar-refractivity contribution in [1.29, 1.82) is 0 Å². The van der Waals surface area contributed by atoms with E-state index in [1.807, 2.05) is 18.7 Å². The Hall–Kier alpha value is -1.37. The number of nitrogens with zero attached hydrogens (tertiary/aromatic N) is 1. The first-order valence-electron chi connectivity index (χ1n) is 6.54. The highest BCUT2D eigenvalue weighted by molar-refractivity contribution is 8.00. The third kappa shape index (κ3) is 3.28. The maximum atomic E-state index is 12.7. The molecule has 7 heteroatoms. The highest BCUT2D eigenvalue weighted by Crippen LogP contribution is 2.35. The van der Waals surface area contributed by atoms with E-state index in [1.165, 1.54) is 6.07 Å². The van der Waals surface area contributed by atoms with E-state index in [1.54, 1.807) is 11.8 Å². The van der Waals surface area contributed by atoms with Crippen molar-refractivity contribution in [3.8, 4) is 0 Å². The minimum atomic E-state index is -4.54. The van der Waals surface area contributed by atoms with Crippen LogP contribution in [0.15, 0.2) is 18.2 Å². The summed E-state index contributed by atoms with van der Waals surface area (Å²) in [6.45, 7) is 4.62. The van der Waals surface area contributed by atoms with Gasteiger partial charge in [-0.1, -0.05) is 6.92 Å². The van der Waals surface area contributed by atoms with Gasteiger partial charge in [-0.05, 0) is 25.1 Å². The lowest BCUT2D eigenvalue weighted by Crippen LogP contribution is -2.45. The average Bonchev–Trinajstić information content (AvgIpc) is 2.40. The molecule has 1 aliphatic heterocycles. The Kier molecular flexibility index (Phi) is 4.41. The average molecular weight is 319 g/mol. The molecule has 2 atom stereocenters. The topological polar surface area (TPSA) is 40.5 Å². The lowest BCUT2D eigenvalue weighted by molar-refractivity contribution is -0.137. The Morgan fingerprint density at radius 3 is 2.62 bits per heavy atom. The molecule has 116 valence electrons. The van der Waals surface area contributed by atoms with Crippen LogP contribution in [-0.4, -0.2) is 34.7 Å². The molecule has 1 N–H and O–H groups in total. The molecule has 1 aliphatic rings. The molecular formula is C14H16F3NO2S. The molecule has 2 unspecified atom stereocenters. The van der Waals surface area contributed by atoms with Crippen LogP contribution in [-0.2, 0) is 6.18 Å². The molecule has 1 aromatic rings. The molecule has 0 amide bonds. The van der Waals surface area contributed by atoms with Gasteiger partial charge in [0.15, 0.2) is 0 Å². The van der Waals surface area contributed by atoms with Gasteiger partial charge in [0.25, 0.3) is 0 Å². The quantitative estimate of drug-likeness (QED) is 0.901. The van der Waals surface area contributed by atoms with E-state index < -0.39 is 17.7 Å². The van der Waals surface area contributed by atoms with E-state index >= 15 is 0 Å². The van der Waals surface area contributed by atoms with Crippen LogP contribution in [0.1, 0.15) is 29.8 Å². The Bertz CT molecular complexity index is 548. The van der Waals surface area contributed by atoms with Gasteiger partial charge in [0, 0.05) is 23.6 Å². The third-order valence-corrected chi connectivity index (χ3v) is 5.09. The highest BCUT2D eigenvalue weighted by atomic mass is 32.2. The number of carboxylic acids is 1. The van der Waals surface area contributed by atoms with Crippen LogP contribution in [0.3, 0.4) is 0 Å². The zero-order chi connectivity index (χ0) is 15.8. The molecule has 2 rings (SSSR count). The Labute approximate surface area is 125 Å². The van der Waals surface area contributed by atoms with Crippen LogP contribution in [0, 0.1) is 0 Å². The van der Waals surface area contributed by atoms with Crippen molar-refractivity contribution in [3.05, 3.63) is 29.3 Å². The first kappa shape index (κ1) is 16.0. The van der Waals surface area contributed by atoms with Gasteiger partial charge >= 0.3 is 12.1 Å². The number of carboxylic acid groups (broad SMARTS) is 1. The number of rotatable bonds is 2. The van der Waals surface area contributed by atoms with Crippen LogP contribution in [0.2, 0.25) is 0 Å². The smallest absolute Gasteiger partial charge is 0.416 e. The zero-order valence-corrected chi connectivity index (χ0v) is 12.5. The van der Waals surface area contributed by atoms with Crippen LogP contribution in [0.4, 0.5) is 18.9 Å². The van der Waals surface area contributed by atoms with Gasteiger partial charge in [-0.25, -0.2) is 4.79 Å². The number of alkyl halides is 3. The van der Waals surface area contributed by atoms with Gasteiger partial charge in [0.05, 0.1) is 16.8 Å². The second kappa shape index (κ2) is 5.79. The molecule has 1 fully saturated rings. The van der Waals surface area contributed by atoms with Crippen LogP contribution >= 0.6 is 11.8 Å². The zero-order valence-electron chi connectivity index (χ0n) is 11.6. The maximum Gasteiger partial charge on any atom is 0.416 e. The number of aromatic carboxylic acids is 1. The summed E-state index contributed by atoms with van der Waals surface area (Å²) in [6, 6.07) is 3.00. The molecular weight excluding hydrogens is 303 g/mol. The van der Waals surface area contributed by atoms with Crippen molar-refractivity contribution in [3.63, 3.8) is 0 Å². The van der Waals surface area contributed by atoms with Gasteiger partial charge in [0.2, 0.25) is 0 Å². The van der Waals surface area contributed by atoms with Gasteiger partial charge in [-0.15, -0.1) is 0 Å². The van der Waals surface area contributed by atoms with Crippen LogP contribution < -0.4 is 4.90 Å². The summed E-state index contributed by atoms with van der Waals surface area (Å²) in [7, 11) is 0. The van der Waals surface area contributed by atoms with Crippen molar-refractivity contribution in [2.75, 3.05) is 17.2 Å². The van der Waals surface area contributed by atoms with E-state index in [4.69, 9.17) is 0 Å². The van der Waals surface area contributed by atoms with E-state index in [-0.39, 0.29) is 11.6 Å². The van der Waals surface area contributed by atoms with E-state index in [2.05, 4.69) is 0 Å². The summed E-state index contributed by atoms with van der Waals surface area (Å²) in [5.41, 5.74) is -0.873. The SMILES string of the molecule is CC1SCCN(c2ccc(C(F)(F)F)cc2C(=O)O)C1C. The number of halogens is 3. The summed E-state index contributed by atoms with van der Waals surface area (Å²) in [6.07, 6.45) is -4.54. The minimum absolute atomic E-state index is 0.0681. The maximum absolute atomic E-state index is 12.7. The second-order valence-corrected chi connectivity index (χ2v) is 6.53. The molecule has 21 heavy (non-hydrogen) atoms. The largest absolute Gasteiger partial charge is 0.478 e. The molecule has 0 spiro atoms. The standard InChI is InChI=1S/C14H16F3NO2S/c1-8-9(2)21-6-5-18(8)12-4-3-10(14(15,16)17)7-11(12)13(19)20/h3-4,7-9H,5-6H2,1-2H3,(H,19,20). The third-order valence-electron chi connectivity index (χ3n) is 3.75. The molecule has 0 aromatic heterocycles. The molecule has 0 radical (unpaired) electrons. The summed E-state index contributed by atoms with van der Waals surface area (Å²) in [4.78, 5) is 13.2. The molecule has 1 heterocycles. The Morgan fingerprint density at radius 1 is 1.38 bits per heavy atom. The summed E-state index contributed by atoms with van der Waals surface area (Å²) >= 11 is 1.78. The molecule has 1 saturated heterocycles. The summed E-state index contributed by atoms with van der Waals surface area (Å²) < 4.78 is 38.2. The van der Waals surface area contributed by atoms with Crippen molar-refractivity contribution in [2.45, 2.75) is 31.3 Å². The molecule has 0 aliphatic carbocycles.